The number of nitrogens with zero attached hydrogens (tertiary/aromatic N) is 2. The van der Waals surface area contributed by atoms with Gasteiger partial charge in [0.15, 0.2) is 5.82 Å². The number of aliphatic carboxylic acids is 1. The lowest BCUT2D eigenvalue weighted by molar-refractivity contribution is -0.147. The third kappa shape index (κ3) is 4.29. The zero-order chi connectivity index (χ0) is 16.2. The fraction of sp³-hybridized carbons (Fsp3) is 0.733. The summed E-state index contributed by atoms with van der Waals surface area (Å²) in [6.07, 6.45) is 4.66. The zero-order valence-corrected chi connectivity index (χ0v) is 13.1. The molecule has 1 aliphatic rings. The Morgan fingerprint density at radius 1 is 1.45 bits per heavy atom. The molecule has 122 valence electrons. The second-order valence-corrected chi connectivity index (χ2v) is 6.11. The van der Waals surface area contributed by atoms with E-state index in [9.17, 15) is 14.7 Å². The average Bonchev–Trinajstić information content (AvgIpc) is 3.19. The van der Waals surface area contributed by atoms with Gasteiger partial charge in [0.05, 0.1) is 0 Å². The predicted molar refractivity (Wildman–Crippen MR) is 78.3 cm³/mol. The van der Waals surface area contributed by atoms with Crippen LogP contribution in [0.5, 0.6) is 0 Å². The monoisotopic (exact) mass is 309 g/mol. The summed E-state index contributed by atoms with van der Waals surface area (Å²) < 4.78 is 5.14. The van der Waals surface area contributed by atoms with E-state index < -0.39 is 11.5 Å². The van der Waals surface area contributed by atoms with Crippen LogP contribution in [0.25, 0.3) is 0 Å². The summed E-state index contributed by atoms with van der Waals surface area (Å²) in [6.45, 7) is 3.43. The number of amides is 1. The van der Waals surface area contributed by atoms with Crippen molar-refractivity contribution < 1.29 is 19.2 Å². The molecule has 0 spiro atoms. The van der Waals surface area contributed by atoms with E-state index in [1.807, 2.05) is 6.92 Å². The number of carbonyl (C=O) groups excluding carboxylic acids is 1. The predicted octanol–water partition coefficient (Wildman–Crippen LogP) is 2.03. The summed E-state index contributed by atoms with van der Waals surface area (Å²) in [5.74, 6) is 0.491. The average molecular weight is 309 g/mol. The number of nitrogens with one attached hydrogen (secondary N) is 1. The summed E-state index contributed by atoms with van der Waals surface area (Å²) in [5, 5.41) is 15.8. The Balaban J connectivity index is 1.75. The van der Waals surface area contributed by atoms with Crippen molar-refractivity contribution in [1.82, 2.24) is 15.5 Å². The first kappa shape index (κ1) is 16.5. The van der Waals surface area contributed by atoms with E-state index in [1.165, 1.54) is 6.92 Å². The van der Waals surface area contributed by atoms with Crippen LogP contribution in [0.4, 0.5) is 0 Å². The van der Waals surface area contributed by atoms with Crippen molar-refractivity contribution in [1.29, 1.82) is 0 Å². The highest BCUT2D eigenvalue weighted by atomic mass is 16.5. The third-order valence-electron chi connectivity index (χ3n) is 3.86. The topological polar surface area (TPSA) is 105 Å². The number of carbonyl (C=O) groups is 2. The smallest absolute Gasteiger partial charge is 0.329 e. The van der Waals surface area contributed by atoms with Crippen molar-refractivity contribution in [3.05, 3.63) is 11.7 Å². The molecule has 22 heavy (non-hydrogen) atoms. The lowest BCUT2D eigenvalue weighted by atomic mass is 9.96. The minimum Gasteiger partial charge on any atom is -0.480 e. The number of carboxylic acid groups (broad SMARTS) is 1. The van der Waals surface area contributed by atoms with E-state index in [2.05, 4.69) is 15.5 Å². The molecule has 0 saturated heterocycles. The largest absolute Gasteiger partial charge is 0.480 e. The molecule has 1 heterocycles. The van der Waals surface area contributed by atoms with Crippen molar-refractivity contribution >= 4 is 11.9 Å². The van der Waals surface area contributed by atoms with Gasteiger partial charge in [-0.25, -0.2) is 4.79 Å². The van der Waals surface area contributed by atoms with Gasteiger partial charge < -0.3 is 14.9 Å². The van der Waals surface area contributed by atoms with Gasteiger partial charge in [0.1, 0.15) is 5.54 Å². The standard InChI is InChI=1S/C15H23N3O4/c1-3-9-15(2,14(20)21)17-11(19)5-4-6-12-16-13(18-22-12)10-7-8-10/h10H,3-9H2,1-2H3,(H,17,19)(H,20,21). The Labute approximate surface area is 129 Å². The molecule has 0 bridgehead atoms. The van der Waals surface area contributed by atoms with Crippen molar-refractivity contribution in [2.24, 2.45) is 0 Å². The molecule has 2 rings (SSSR count). The van der Waals surface area contributed by atoms with Gasteiger partial charge >= 0.3 is 5.97 Å². The van der Waals surface area contributed by atoms with Crippen LogP contribution in [0.1, 0.15) is 70.0 Å². The number of hydrogen-bond donors (Lipinski definition) is 2. The molecule has 1 atom stereocenters. The Kier molecular flexibility index (Phi) is 5.15. The number of rotatable bonds is 9. The van der Waals surface area contributed by atoms with Crippen LogP contribution in [0, 0.1) is 0 Å². The van der Waals surface area contributed by atoms with Crippen LogP contribution >= 0.6 is 0 Å². The summed E-state index contributed by atoms with van der Waals surface area (Å²) >= 11 is 0. The molecule has 0 aromatic carbocycles. The molecule has 1 unspecified atom stereocenters. The van der Waals surface area contributed by atoms with Crippen LogP contribution in [-0.2, 0) is 16.0 Å². The third-order valence-corrected chi connectivity index (χ3v) is 3.86. The first-order chi connectivity index (χ1) is 10.4. The van der Waals surface area contributed by atoms with E-state index in [1.54, 1.807) is 0 Å². The quantitative estimate of drug-likeness (QED) is 0.723. The summed E-state index contributed by atoms with van der Waals surface area (Å²) in [7, 11) is 0. The number of hydrogen-bond acceptors (Lipinski definition) is 5. The van der Waals surface area contributed by atoms with E-state index in [4.69, 9.17) is 4.52 Å². The van der Waals surface area contributed by atoms with Crippen molar-refractivity contribution in [3.63, 3.8) is 0 Å². The van der Waals surface area contributed by atoms with Gasteiger partial charge in [-0.3, -0.25) is 4.79 Å². The molecular weight excluding hydrogens is 286 g/mol. The molecule has 1 amide bonds. The van der Waals surface area contributed by atoms with Crippen molar-refractivity contribution in [3.8, 4) is 0 Å². The molecule has 1 aromatic rings. The maximum Gasteiger partial charge on any atom is 0.329 e. The van der Waals surface area contributed by atoms with Gasteiger partial charge in [-0.15, -0.1) is 0 Å². The van der Waals surface area contributed by atoms with Crippen LogP contribution < -0.4 is 5.32 Å². The normalized spacial score (nSPS) is 17.0. The molecular formula is C15H23N3O4. The van der Waals surface area contributed by atoms with Crippen LogP contribution in [0.3, 0.4) is 0 Å². The number of aryl methyl sites for hydroxylation is 1. The van der Waals surface area contributed by atoms with E-state index in [0.717, 1.165) is 18.7 Å². The fourth-order valence-electron chi connectivity index (χ4n) is 2.37. The highest BCUT2D eigenvalue weighted by molar-refractivity contribution is 5.86. The summed E-state index contributed by atoms with van der Waals surface area (Å²) in [6, 6.07) is 0. The Hall–Kier alpha value is -1.92. The maximum absolute atomic E-state index is 11.9. The SMILES string of the molecule is CCCC(C)(NC(=O)CCCc1nc(C2CC2)no1)C(=O)O. The van der Waals surface area contributed by atoms with Gasteiger partial charge in [-0.1, -0.05) is 18.5 Å². The van der Waals surface area contributed by atoms with Crippen LogP contribution in [-0.4, -0.2) is 32.7 Å². The minimum atomic E-state index is -1.20. The number of aromatic nitrogens is 2. The molecule has 0 aliphatic heterocycles. The van der Waals surface area contributed by atoms with Crippen LogP contribution in [0.2, 0.25) is 0 Å². The van der Waals surface area contributed by atoms with Gasteiger partial charge in [-0.2, -0.15) is 4.98 Å². The summed E-state index contributed by atoms with van der Waals surface area (Å²) in [4.78, 5) is 27.5. The Morgan fingerprint density at radius 3 is 2.77 bits per heavy atom. The molecule has 1 saturated carbocycles. The van der Waals surface area contributed by atoms with E-state index in [0.29, 0.717) is 37.5 Å². The Bertz CT molecular complexity index is 539. The molecule has 0 radical (unpaired) electrons. The molecule has 1 aliphatic carbocycles. The first-order valence-corrected chi connectivity index (χ1v) is 7.81. The lowest BCUT2D eigenvalue weighted by Gasteiger charge is -2.25. The number of carboxylic acids is 1. The zero-order valence-electron chi connectivity index (χ0n) is 13.1. The van der Waals surface area contributed by atoms with Crippen LogP contribution in [0.15, 0.2) is 4.52 Å². The summed E-state index contributed by atoms with van der Waals surface area (Å²) in [5.41, 5.74) is -1.20. The highest BCUT2D eigenvalue weighted by Gasteiger charge is 2.33. The maximum atomic E-state index is 11.9. The van der Waals surface area contributed by atoms with Gasteiger partial charge in [-0.05, 0) is 32.6 Å². The fourth-order valence-corrected chi connectivity index (χ4v) is 2.37. The first-order valence-electron chi connectivity index (χ1n) is 7.81. The lowest BCUT2D eigenvalue weighted by Crippen LogP contribution is -2.52. The second kappa shape index (κ2) is 6.89. The molecule has 1 aromatic heterocycles. The second-order valence-electron chi connectivity index (χ2n) is 6.11. The van der Waals surface area contributed by atoms with E-state index >= 15 is 0 Å². The molecule has 7 nitrogen and oxygen atoms in total. The van der Waals surface area contributed by atoms with Gasteiger partial charge in [0.2, 0.25) is 11.8 Å². The Morgan fingerprint density at radius 2 is 2.18 bits per heavy atom. The van der Waals surface area contributed by atoms with Gasteiger partial charge in [0.25, 0.3) is 0 Å². The molecule has 7 heteroatoms. The molecule has 2 N–H and O–H groups in total. The van der Waals surface area contributed by atoms with Crippen molar-refractivity contribution in [2.45, 2.75) is 70.3 Å². The van der Waals surface area contributed by atoms with E-state index in [-0.39, 0.29) is 12.3 Å². The van der Waals surface area contributed by atoms with Gasteiger partial charge in [0, 0.05) is 18.8 Å². The highest BCUT2D eigenvalue weighted by Crippen LogP contribution is 2.38. The minimum absolute atomic E-state index is 0.244. The van der Waals surface area contributed by atoms with Crippen molar-refractivity contribution in [2.75, 3.05) is 0 Å². The molecule has 1 fully saturated rings.